The molecular weight excluding hydrogens is 356 g/mol. The van der Waals surface area contributed by atoms with Crippen LogP contribution in [0.5, 0.6) is 0 Å². The first kappa shape index (κ1) is 17.8. The first-order valence-electron chi connectivity index (χ1n) is 9.13. The molecule has 138 valence electrons. The molecule has 27 heavy (non-hydrogen) atoms. The summed E-state index contributed by atoms with van der Waals surface area (Å²) in [6.07, 6.45) is 2.13. The van der Waals surface area contributed by atoms with Gasteiger partial charge in [0.1, 0.15) is 11.1 Å². The van der Waals surface area contributed by atoms with E-state index in [4.69, 9.17) is 0 Å². The van der Waals surface area contributed by atoms with Crippen LogP contribution in [0.1, 0.15) is 35.0 Å². The van der Waals surface area contributed by atoms with Crippen molar-refractivity contribution in [1.29, 1.82) is 0 Å². The number of benzene rings is 2. The predicted octanol–water partition coefficient (Wildman–Crippen LogP) is 4.00. The quantitative estimate of drug-likeness (QED) is 0.659. The van der Waals surface area contributed by atoms with Crippen molar-refractivity contribution >= 4 is 17.7 Å². The number of nitrogens with zero attached hydrogens (tertiary/aromatic N) is 3. The SMILES string of the molecule is Cc1ccc(-n2c(C)nnc2S[C@H](C(=O)NC2CC2)c2ccccc2)cc1. The number of hydrogen-bond donors (Lipinski definition) is 1. The van der Waals surface area contributed by atoms with Crippen LogP contribution in [-0.2, 0) is 4.79 Å². The summed E-state index contributed by atoms with van der Waals surface area (Å²) in [7, 11) is 0. The van der Waals surface area contributed by atoms with Crippen LogP contribution in [0.15, 0.2) is 59.8 Å². The highest BCUT2D eigenvalue weighted by atomic mass is 32.2. The lowest BCUT2D eigenvalue weighted by atomic mass is 10.1. The third-order valence-corrected chi connectivity index (χ3v) is 5.77. The number of carbonyl (C=O) groups excluding carboxylic acids is 1. The molecule has 1 N–H and O–H groups in total. The van der Waals surface area contributed by atoms with Gasteiger partial charge in [0, 0.05) is 11.7 Å². The Morgan fingerprint density at radius 3 is 2.44 bits per heavy atom. The number of rotatable bonds is 6. The standard InChI is InChI=1S/C21H22N4OS/c1-14-8-12-18(13-9-14)25-15(2)23-24-21(25)27-19(16-6-4-3-5-7-16)20(26)22-17-10-11-17/h3-9,12-13,17,19H,10-11H2,1-2H3,(H,22,26)/t19-/m0/s1. The summed E-state index contributed by atoms with van der Waals surface area (Å²) < 4.78 is 2.00. The van der Waals surface area contributed by atoms with Crippen molar-refractivity contribution in [1.82, 2.24) is 20.1 Å². The Balaban J connectivity index is 1.67. The molecule has 1 atom stereocenters. The number of carbonyl (C=O) groups is 1. The van der Waals surface area contributed by atoms with Gasteiger partial charge in [0.05, 0.1) is 0 Å². The van der Waals surface area contributed by atoms with E-state index in [-0.39, 0.29) is 11.2 Å². The number of hydrogen-bond acceptors (Lipinski definition) is 4. The van der Waals surface area contributed by atoms with E-state index in [1.165, 1.54) is 17.3 Å². The molecule has 2 aromatic carbocycles. The molecule has 6 heteroatoms. The molecule has 0 saturated heterocycles. The first-order valence-corrected chi connectivity index (χ1v) is 10.0. The van der Waals surface area contributed by atoms with Crippen molar-refractivity contribution in [3.63, 3.8) is 0 Å². The second kappa shape index (κ2) is 7.56. The van der Waals surface area contributed by atoms with Crippen LogP contribution in [0.4, 0.5) is 0 Å². The van der Waals surface area contributed by atoms with Gasteiger partial charge in [-0.25, -0.2) is 0 Å². The van der Waals surface area contributed by atoms with E-state index >= 15 is 0 Å². The summed E-state index contributed by atoms with van der Waals surface area (Å²) >= 11 is 1.44. The second-order valence-electron chi connectivity index (χ2n) is 6.89. The second-order valence-corrected chi connectivity index (χ2v) is 7.96. The Hall–Kier alpha value is -2.60. The highest BCUT2D eigenvalue weighted by Crippen LogP contribution is 2.36. The molecule has 1 fully saturated rings. The molecule has 0 aliphatic heterocycles. The Morgan fingerprint density at radius 1 is 1.07 bits per heavy atom. The number of nitrogens with one attached hydrogen (secondary N) is 1. The third kappa shape index (κ3) is 4.06. The van der Waals surface area contributed by atoms with Gasteiger partial charge in [0.2, 0.25) is 5.91 Å². The summed E-state index contributed by atoms with van der Waals surface area (Å²) in [4.78, 5) is 12.9. The molecule has 5 nitrogen and oxygen atoms in total. The molecule has 1 aromatic heterocycles. The predicted molar refractivity (Wildman–Crippen MR) is 107 cm³/mol. The van der Waals surface area contributed by atoms with Gasteiger partial charge in [-0.1, -0.05) is 59.8 Å². The van der Waals surface area contributed by atoms with E-state index < -0.39 is 0 Å². The lowest BCUT2D eigenvalue weighted by molar-refractivity contribution is -0.120. The molecule has 3 aromatic rings. The van der Waals surface area contributed by atoms with Crippen LogP contribution in [0.2, 0.25) is 0 Å². The molecule has 0 bridgehead atoms. The van der Waals surface area contributed by atoms with Crippen molar-refractivity contribution in [3.05, 3.63) is 71.5 Å². The Labute approximate surface area is 163 Å². The van der Waals surface area contributed by atoms with Gasteiger partial charge < -0.3 is 5.32 Å². The lowest BCUT2D eigenvalue weighted by Crippen LogP contribution is -2.29. The fraction of sp³-hybridized carbons (Fsp3) is 0.286. The van der Waals surface area contributed by atoms with Crippen molar-refractivity contribution < 1.29 is 4.79 Å². The van der Waals surface area contributed by atoms with Gasteiger partial charge in [0.25, 0.3) is 0 Å². The van der Waals surface area contributed by atoms with Crippen LogP contribution in [0.3, 0.4) is 0 Å². The summed E-state index contributed by atoms with van der Waals surface area (Å²) in [5.74, 6) is 0.834. The third-order valence-electron chi connectivity index (χ3n) is 4.57. The minimum absolute atomic E-state index is 0.0322. The molecular formula is C21H22N4OS. The van der Waals surface area contributed by atoms with Gasteiger partial charge >= 0.3 is 0 Å². The minimum atomic E-state index is -0.361. The summed E-state index contributed by atoms with van der Waals surface area (Å²) in [5.41, 5.74) is 3.17. The largest absolute Gasteiger partial charge is 0.352 e. The van der Waals surface area contributed by atoms with E-state index in [2.05, 4.69) is 46.7 Å². The minimum Gasteiger partial charge on any atom is -0.352 e. The maximum atomic E-state index is 12.9. The number of aromatic nitrogens is 3. The molecule has 1 amide bonds. The molecule has 0 unspecified atom stereocenters. The maximum absolute atomic E-state index is 12.9. The van der Waals surface area contributed by atoms with Crippen LogP contribution < -0.4 is 5.32 Å². The molecule has 0 radical (unpaired) electrons. The van der Waals surface area contributed by atoms with Crippen molar-refractivity contribution in [2.24, 2.45) is 0 Å². The Bertz CT molecular complexity index is 933. The molecule has 4 rings (SSSR count). The number of amides is 1. The monoisotopic (exact) mass is 378 g/mol. The van der Waals surface area contributed by atoms with E-state index in [1.807, 2.05) is 41.8 Å². The van der Waals surface area contributed by atoms with E-state index in [0.717, 1.165) is 35.1 Å². The zero-order chi connectivity index (χ0) is 18.8. The average Bonchev–Trinajstić information content (AvgIpc) is 3.42. The normalized spacial score (nSPS) is 14.7. The summed E-state index contributed by atoms with van der Waals surface area (Å²) in [6.45, 7) is 3.99. The van der Waals surface area contributed by atoms with Crippen molar-refractivity contribution in [2.45, 2.75) is 43.1 Å². The van der Waals surface area contributed by atoms with Crippen LogP contribution >= 0.6 is 11.8 Å². The van der Waals surface area contributed by atoms with E-state index in [1.54, 1.807) is 0 Å². The van der Waals surface area contributed by atoms with Gasteiger partial charge in [-0.3, -0.25) is 9.36 Å². The molecule has 1 heterocycles. The van der Waals surface area contributed by atoms with Crippen molar-refractivity contribution in [2.75, 3.05) is 0 Å². The zero-order valence-corrected chi connectivity index (χ0v) is 16.2. The Morgan fingerprint density at radius 2 is 1.78 bits per heavy atom. The van der Waals surface area contributed by atoms with Crippen molar-refractivity contribution in [3.8, 4) is 5.69 Å². The maximum Gasteiger partial charge on any atom is 0.238 e. The first-order chi connectivity index (χ1) is 13.1. The Kier molecular flexibility index (Phi) is 4.99. The van der Waals surface area contributed by atoms with E-state index in [0.29, 0.717) is 6.04 Å². The van der Waals surface area contributed by atoms with Gasteiger partial charge in [-0.15, -0.1) is 10.2 Å². The van der Waals surface area contributed by atoms with Crippen LogP contribution in [-0.4, -0.2) is 26.7 Å². The lowest BCUT2D eigenvalue weighted by Gasteiger charge is -2.17. The van der Waals surface area contributed by atoms with Gasteiger partial charge in [0.15, 0.2) is 5.16 Å². The van der Waals surface area contributed by atoms with Gasteiger partial charge in [-0.05, 0) is 44.4 Å². The average molecular weight is 379 g/mol. The summed E-state index contributed by atoms with van der Waals surface area (Å²) in [5, 5.41) is 12.1. The topological polar surface area (TPSA) is 59.8 Å². The van der Waals surface area contributed by atoms with Crippen LogP contribution in [0, 0.1) is 13.8 Å². The number of thioether (sulfide) groups is 1. The molecule has 0 spiro atoms. The smallest absolute Gasteiger partial charge is 0.238 e. The fourth-order valence-corrected chi connectivity index (χ4v) is 4.03. The van der Waals surface area contributed by atoms with E-state index in [9.17, 15) is 4.79 Å². The molecule has 1 aliphatic carbocycles. The highest BCUT2D eigenvalue weighted by molar-refractivity contribution is 8.00. The van der Waals surface area contributed by atoms with Gasteiger partial charge in [-0.2, -0.15) is 0 Å². The number of aryl methyl sites for hydroxylation is 2. The highest BCUT2D eigenvalue weighted by Gasteiger charge is 2.30. The molecule has 1 aliphatic rings. The molecule has 1 saturated carbocycles. The zero-order valence-electron chi connectivity index (χ0n) is 15.4. The fourth-order valence-electron chi connectivity index (χ4n) is 2.92. The summed E-state index contributed by atoms with van der Waals surface area (Å²) in [6, 6.07) is 18.4. The van der Waals surface area contributed by atoms with Crippen LogP contribution in [0.25, 0.3) is 5.69 Å².